The second kappa shape index (κ2) is 2.34. The van der Waals surface area contributed by atoms with Gasteiger partial charge in [0.15, 0.2) is 18.3 Å². The lowest BCUT2D eigenvalue weighted by atomic mass is 10.3. The molecule has 0 atom stereocenters. The quantitative estimate of drug-likeness (QED) is 0.611. The van der Waals surface area contributed by atoms with Gasteiger partial charge in [0.05, 0.1) is 5.56 Å². The van der Waals surface area contributed by atoms with Crippen LogP contribution >= 0.6 is 0 Å². The first-order valence-electron chi connectivity index (χ1n) is 2.51. The van der Waals surface area contributed by atoms with Gasteiger partial charge >= 0.3 is 0 Å². The van der Waals surface area contributed by atoms with Crippen molar-refractivity contribution in [3.8, 4) is 5.95 Å². The Hall–Kier alpha value is -1.58. The largest absolute Gasteiger partial charge is 0.480 e. The van der Waals surface area contributed by atoms with Gasteiger partial charge in [-0.05, 0) is 0 Å². The summed E-state index contributed by atoms with van der Waals surface area (Å²) in [6, 6.07) is 1.16. The van der Waals surface area contributed by atoms with Gasteiger partial charge < -0.3 is 9.52 Å². The molecule has 0 bridgehead atoms. The molecular weight excluding hydrogens is 136 g/mol. The van der Waals surface area contributed by atoms with Gasteiger partial charge in [-0.15, -0.1) is 0 Å². The molecule has 0 fully saturated rings. The molecule has 52 valence electrons. The SMILES string of the molecule is O=Cc1cc(C=O)c(O)o1. The van der Waals surface area contributed by atoms with Gasteiger partial charge in [0.2, 0.25) is 0 Å². The first-order valence-corrected chi connectivity index (χ1v) is 2.51. The molecule has 1 aromatic rings. The molecule has 0 aliphatic heterocycles. The molecule has 0 amide bonds. The summed E-state index contributed by atoms with van der Waals surface area (Å²) < 4.78 is 4.41. The van der Waals surface area contributed by atoms with Crippen LogP contribution in [0.4, 0.5) is 0 Å². The maximum absolute atomic E-state index is 10.0. The molecule has 0 unspecified atom stereocenters. The van der Waals surface area contributed by atoms with Crippen LogP contribution in [-0.4, -0.2) is 17.7 Å². The molecule has 0 radical (unpaired) electrons. The van der Waals surface area contributed by atoms with Gasteiger partial charge in [-0.3, -0.25) is 9.59 Å². The standard InChI is InChI=1S/C6H4O4/c7-2-4-1-5(3-8)10-6(4)9/h1-3,9H. The van der Waals surface area contributed by atoms with Crippen molar-refractivity contribution in [2.75, 3.05) is 0 Å². The molecular formula is C6H4O4. The molecule has 1 aromatic heterocycles. The zero-order valence-electron chi connectivity index (χ0n) is 4.90. The summed E-state index contributed by atoms with van der Waals surface area (Å²) in [7, 11) is 0. The molecule has 4 nitrogen and oxygen atoms in total. The minimum absolute atomic E-state index is 0.0119. The summed E-state index contributed by atoms with van der Waals surface area (Å²) in [6.45, 7) is 0. The molecule has 10 heavy (non-hydrogen) atoms. The fourth-order valence-electron chi connectivity index (χ4n) is 0.558. The van der Waals surface area contributed by atoms with Crippen LogP contribution in [0, 0.1) is 0 Å². The molecule has 1 N–H and O–H groups in total. The highest BCUT2D eigenvalue weighted by molar-refractivity contribution is 5.82. The number of hydrogen-bond donors (Lipinski definition) is 1. The summed E-state index contributed by atoms with van der Waals surface area (Å²) in [6.07, 6.45) is 0.818. The van der Waals surface area contributed by atoms with Gasteiger partial charge in [0, 0.05) is 6.07 Å². The maximum Gasteiger partial charge on any atom is 0.293 e. The molecule has 0 aliphatic carbocycles. The lowest BCUT2D eigenvalue weighted by Crippen LogP contribution is -1.71. The van der Waals surface area contributed by atoms with E-state index in [1.165, 1.54) is 0 Å². The summed E-state index contributed by atoms with van der Waals surface area (Å²) in [5, 5.41) is 8.71. The van der Waals surface area contributed by atoms with E-state index in [1.54, 1.807) is 0 Å². The van der Waals surface area contributed by atoms with E-state index in [0.29, 0.717) is 12.6 Å². The Bertz CT molecular complexity index is 261. The number of carbonyl (C=O) groups is 2. The van der Waals surface area contributed by atoms with Gasteiger partial charge in [0.25, 0.3) is 5.95 Å². The minimum Gasteiger partial charge on any atom is -0.480 e. The van der Waals surface area contributed by atoms with Crippen molar-refractivity contribution in [2.24, 2.45) is 0 Å². The van der Waals surface area contributed by atoms with E-state index in [2.05, 4.69) is 4.42 Å². The van der Waals surface area contributed by atoms with E-state index in [1.807, 2.05) is 0 Å². The van der Waals surface area contributed by atoms with Crippen LogP contribution in [-0.2, 0) is 0 Å². The number of furan rings is 1. The van der Waals surface area contributed by atoms with Crippen LogP contribution in [0.5, 0.6) is 5.95 Å². The van der Waals surface area contributed by atoms with Crippen molar-refractivity contribution in [1.82, 2.24) is 0 Å². The van der Waals surface area contributed by atoms with E-state index in [0.717, 1.165) is 6.07 Å². The van der Waals surface area contributed by atoms with Crippen LogP contribution in [0.25, 0.3) is 0 Å². The second-order valence-electron chi connectivity index (χ2n) is 1.64. The fraction of sp³-hybridized carbons (Fsp3) is 0. The molecule has 0 aromatic carbocycles. The fourth-order valence-corrected chi connectivity index (χ4v) is 0.558. The predicted octanol–water partition coefficient (Wildman–Crippen LogP) is 0.610. The van der Waals surface area contributed by atoms with E-state index < -0.39 is 5.95 Å². The lowest BCUT2D eigenvalue weighted by molar-refractivity contribution is 0.109. The maximum atomic E-state index is 10.0. The Morgan fingerprint density at radius 1 is 1.40 bits per heavy atom. The average Bonchev–Trinajstić information content (AvgIpc) is 2.30. The van der Waals surface area contributed by atoms with Crippen LogP contribution in [0.15, 0.2) is 10.5 Å². The van der Waals surface area contributed by atoms with Crippen LogP contribution < -0.4 is 0 Å². The van der Waals surface area contributed by atoms with Gasteiger partial charge in [-0.1, -0.05) is 0 Å². The Kier molecular flexibility index (Phi) is 1.53. The number of aromatic hydroxyl groups is 1. The van der Waals surface area contributed by atoms with Gasteiger partial charge in [-0.25, -0.2) is 0 Å². The number of carbonyl (C=O) groups excluding carboxylic acids is 2. The molecule has 0 saturated carbocycles. The molecule has 0 aliphatic rings. The molecule has 1 rings (SSSR count). The van der Waals surface area contributed by atoms with Gasteiger partial charge in [0.1, 0.15) is 0 Å². The smallest absolute Gasteiger partial charge is 0.293 e. The highest BCUT2D eigenvalue weighted by Gasteiger charge is 2.06. The monoisotopic (exact) mass is 140 g/mol. The highest BCUT2D eigenvalue weighted by atomic mass is 16.5. The van der Waals surface area contributed by atoms with Crippen molar-refractivity contribution in [1.29, 1.82) is 0 Å². The Morgan fingerprint density at radius 2 is 2.10 bits per heavy atom. The first-order chi connectivity index (χ1) is 4.77. The summed E-state index contributed by atoms with van der Waals surface area (Å²) in [4.78, 5) is 20.0. The Labute approximate surface area is 56.1 Å². The zero-order chi connectivity index (χ0) is 7.56. The van der Waals surface area contributed by atoms with Crippen molar-refractivity contribution in [2.45, 2.75) is 0 Å². The van der Waals surface area contributed by atoms with Crippen molar-refractivity contribution < 1.29 is 19.1 Å². The van der Waals surface area contributed by atoms with E-state index in [4.69, 9.17) is 5.11 Å². The first kappa shape index (κ1) is 6.54. The summed E-state index contributed by atoms with van der Waals surface area (Å²) >= 11 is 0. The molecule has 4 heteroatoms. The molecule has 0 spiro atoms. The Morgan fingerprint density at radius 3 is 2.40 bits per heavy atom. The Balaban J connectivity index is 3.15. The van der Waals surface area contributed by atoms with Gasteiger partial charge in [-0.2, -0.15) is 0 Å². The third kappa shape index (κ3) is 0.907. The normalized spacial score (nSPS) is 9.20. The number of hydrogen-bond acceptors (Lipinski definition) is 4. The third-order valence-electron chi connectivity index (χ3n) is 1.00. The highest BCUT2D eigenvalue weighted by Crippen LogP contribution is 2.18. The van der Waals surface area contributed by atoms with Crippen molar-refractivity contribution >= 4 is 12.6 Å². The molecule has 1 heterocycles. The zero-order valence-corrected chi connectivity index (χ0v) is 4.90. The van der Waals surface area contributed by atoms with Crippen LogP contribution in [0.1, 0.15) is 20.9 Å². The predicted molar refractivity (Wildman–Crippen MR) is 31.1 cm³/mol. The van der Waals surface area contributed by atoms with E-state index >= 15 is 0 Å². The average molecular weight is 140 g/mol. The lowest BCUT2D eigenvalue weighted by Gasteiger charge is -1.78. The molecule has 0 saturated heterocycles. The minimum atomic E-state index is -0.517. The van der Waals surface area contributed by atoms with Crippen molar-refractivity contribution in [3.05, 3.63) is 17.4 Å². The van der Waals surface area contributed by atoms with Crippen LogP contribution in [0.2, 0.25) is 0 Å². The van der Waals surface area contributed by atoms with Crippen molar-refractivity contribution in [3.63, 3.8) is 0 Å². The van der Waals surface area contributed by atoms with E-state index in [9.17, 15) is 9.59 Å². The topological polar surface area (TPSA) is 67.5 Å². The number of rotatable bonds is 2. The summed E-state index contributed by atoms with van der Waals surface area (Å²) in [5.41, 5.74) is -0.0119. The van der Waals surface area contributed by atoms with E-state index in [-0.39, 0.29) is 11.3 Å². The van der Waals surface area contributed by atoms with Crippen LogP contribution in [0.3, 0.4) is 0 Å². The second-order valence-corrected chi connectivity index (χ2v) is 1.64. The number of aldehydes is 2. The third-order valence-corrected chi connectivity index (χ3v) is 1.00. The summed E-state index contributed by atoms with van der Waals surface area (Å²) in [5.74, 6) is -0.572.